The average molecular weight is 225 g/mol. The zero-order chi connectivity index (χ0) is 12.4. The van der Waals surface area contributed by atoms with E-state index in [0.29, 0.717) is 19.5 Å². The van der Waals surface area contributed by atoms with Crippen LogP contribution in [0.15, 0.2) is 10.2 Å². The molecule has 0 aromatic carbocycles. The quantitative estimate of drug-likeness (QED) is 0.613. The van der Waals surface area contributed by atoms with Gasteiger partial charge in [-0.3, -0.25) is 0 Å². The van der Waals surface area contributed by atoms with Gasteiger partial charge in [0.05, 0.1) is 12.1 Å². The average Bonchev–Trinajstić information content (AvgIpc) is 2.31. The summed E-state index contributed by atoms with van der Waals surface area (Å²) in [5.41, 5.74) is 10.1. The van der Waals surface area contributed by atoms with Gasteiger partial charge >= 0.3 is 0 Å². The van der Waals surface area contributed by atoms with Crippen molar-refractivity contribution in [2.24, 2.45) is 21.7 Å². The van der Waals surface area contributed by atoms with Gasteiger partial charge in [-0.05, 0) is 52.6 Å². The largest absolute Gasteiger partial charge is 0.330 e. The van der Waals surface area contributed by atoms with Gasteiger partial charge in [-0.1, -0.05) is 0 Å². The molecular formula is C11H23N5. The van der Waals surface area contributed by atoms with Gasteiger partial charge in [0.2, 0.25) is 0 Å². The molecule has 0 bridgehead atoms. The molecule has 16 heavy (non-hydrogen) atoms. The fraction of sp³-hybridized carbons (Fsp3) is 0.909. The second kappa shape index (κ2) is 8.20. The lowest BCUT2D eigenvalue weighted by molar-refractivity contribution is 0.476. The number of nitrogens with two attached hydrogens (primary N) is 2. The number of hydrogen-bond donors (Lipinski definition) is 2. The van der Waals surface area contributed by atoms with E-state index < -0.39 is 5.54 Å². The van der Waals surface area contributed by atoms with E-state index in [2.05, 4.69) is 16.3 Å². The molecule has 4 N–H and O–H groups in total. The Hall–Kier alpha value is -0.990. The molecule has 0 saturated carbocycles. The van der Waals surface area contributed by atoms with Crippen molar-refractivity contribution in [3.63, 3.8) is 0 Å². The van der Waals surface area contributed by atoms with Gasteiger partial charge in [0.1, 0.15) is 0 Å². The molecule has 0 rings (SSSR count). The molecule has 0 radical (unpaired) electrons. The second-order valence-electron chi connectivity index (χ2n) is 4.27. The van der Waals surface area contributed by atoms with E-state index in [-0.39, 0.29) is 6.04 Å². The Morgan fingerprint density at radius 2 is 1.94 bits per heavy atom. The maximum atomic E-state index is 9.04. The molecule has 0 saturated heterocycles. The Bertz CT molecular complexity index is 245. The van der Waals surface area contributed by atoms with Crippen LogP contribution in [-0.2, 0) is 0 Å². The standard InChI is InChI=1S/C11H23N5/c1-10(5-3-7-12)15-16-11(2,9-14)6-4-8-13/h10H,3-8,12-13H2,1-2H3. The summed E-state index contributed by atoms with van der Waals surface area (Å²) in [5, 5.41) is 17.3. The van der Waals surface area contributed by atoms with Crippen molar-refractivity contribution in [1.82, 2.24) is 0 Å². The highest BCUT2D eigenvalue weighted by molar-refractivity contribution is 5.03. The molecule has 0 fully saturated rings. The Morgan fingerprint density at radius 1 is 1.31 bits per heavy atom. The van der Waals surface area contributed by atoms with Gasteiger partial charge in [0.25, 0.3) is 0 Å². The molecule has 92 valence electrons. The van der Waals surface area contributed by atoms with Crippen molar-refractivity contribution in [3.05, 3.63) is 0 Å². The number of nitrogens with zero attached hydrogens (tertiary/aromatic N) is 3. The topological polar surface area (TPSA) is 101 Å². The molecule has 0 aliphatic rings. The zero-order valence-corrected chi connectivity index (χ0v) is 10.3. The van der Waals surface area contributed by atoms with Crippen molar-refractivity contribution in [2.45, 2.75) is 51.1 Å². The fourth-order valence-electron chi connectivity index (χ4n) is 1.27. The molecule has 0 aromatic heterocycles. The van der Waals surface area contributed by atoms with E-state index in [0.717, 1.165) is 19.3 Å². The summed E-state index contributed by atoms with van der Waals surface area (Å²) in [6, 6.07) is 2.32. The summed E-state index contributed by atoms with van der Waals surface area (Å²) in [6.45, 7) is 5.03. The molecule has 5 heteroatoms. The normalized spacial score (nSPS) is 16.9. The minimum absolute atomic E-state index is 0.133. The molecule has 0 heterocycles. The molecule has 0 aliphatic heterocycles. The van der Waals surface area contributed by atoms with Crippen LogP contribution in [0.1, 0.15) is 39.5 Å². The van der Waals surface area contributed by atoms with Gasteiger partial charge in [-0.25, -0.2) is 0 Å². The van der Waals surface area contributed by atoms with Crippen LogP contribution >= 0.6 is 0 Å². The first-order valence-corrected chi connectivity index (χ1v) is 5.81. The van der Waals surface area contributed by atoms with E-state index in [1.807, 2.05) is 6.92 Å². The molecule has 0 amide bonds. The number of hydrogen-bond acceptors (Lipinski definition) is 5. The van der Waals surface area contributed by atoms with Crippen LogP contribution in [0, 0.1) is 11.3 Å². The Morgan fingerprint density at radius 3 is 2.44 bits per heavy atom. The van der Waals surface area contributed by atoms with Gasteiger partial charge in [0.15, 0.2) is 5.54 Å². The van der Waals surface area contributed by atoms with Crippen LogP contribution in [0.25, 0.3) is 0 Å². The lowest BCUT2D eigenvalue weighted by Gasteiger charge is -2.15. The molecule has 2 atom stereocenters. The summed E-state index contributed by atoms with van der Waals surface area (Å²) in [6.07, 6.45) is 3.30. The van der Waals surface area contributed by atoms with Gasteiger partial charge in [0, 0.05) is 0 Å². The molecule has 2 unspecified atom stereocenters. The number of azo groups is 1. The highest BCUT2D eigenvalue weighted by atomic mass is 15.2. The van der Waals surface area contributed by atoms with E-state index >= 15 is 0 Å². The van der Waals surface area contributed by atoms with Crippen LogP contribution in [0.5, 0.6) is 0 Å². The summed E-state index contributed by atoms with van der Waals surface area (Å²) in [7, 11) is 0. The van der Waals surface area contributed by atoms with Crippen LogP contribution in [0.2, 0.25) is 0 Å². The third kappa shape index (κ3) is 6.49. The van der Waals surface area contributed by atoms with Gasteiger partial charge in [-0.2, -0.15) is 15.5 Å². The highest BCUT2D eigenvalue weighted by Crippen LogP contribution is 2.17. The van der Waals surface area contributed by atoms with Crippen LogP contribution < -0.4 is 11.5 Å². The lowest BCUT2D eigenvalue weighted by Crippen LogP contribution is -2.20. The molecule has 5 nitrogen and oxygen atoms in total. The predicted octanol–water partition coefficient (Wildman–Crippen LogP) is 1.59. The minimum atomic E-state index is -0.726. The first-order valence-electron chi connectivity index (χ1n) is 5.81. The van der Waals surface area contributed by atoms with E-state index in [4.69, 9.17) is 16.7 Å². The van der Waals surface area contributed by atoms with Gasteiger partial charge in [-0.15, -0.1) is 0 Å². The third-order valence-corrected chi connectivity index (χ3v) is 2.41. The number of rotatable bonds is 8. The first kappa shape index (κ1) is 15.0. The molecule has 0 aliphatic carbocycles. The molecule has 0 spiro atoms. The Labute approximate surface area is 97.9 Å². The number of nitriles is 1. The summed E-state index contributed by atoms with van der Waals surface area (Å²) in [4.78, 5) is 0. The third-order valence-electron chi connectivity index (χ3n) is 2.41. The lowest BCUT2D eigenvalue weighted by atomic mass is 9.99. The van der Waals surface area contributed by atoms with Crippen molar-refractivity contribution >= 4 is 0 Å². The highest BCUT2D eigenvalue weighted by Gasteiger charge is 2.22. The van der Waals surface area contributed by atoms with E-state index in [9.17, 15) is 0 Å². The van der Waals surface area contributed by atoms with Crippen LogP contribution in [0.4, 0.5) is 0 Å². The first-order chi connectivity index (χ1) is 7.58. The summed E-state index contributed by atoms with van der Waals surface area (Å²) < 4.78 is 0. The monoisotopic (exact) mass is 225 g/mol. The van der Waals surface area contributed by atoms with Crippen molar-refractivity contribution in [2.75, 3.05) is 13.1 Å². The maximum Gasteiger partial charge on any atom is 0.164 e. The summed E-state index contributed by atoms with van der Waals surface area (Å²) >= 11 is 0. The maximum absolute atomic E-state index is 9.04. The Kier molecular flexibility index (Phi) is 7.69. The van der Waals surface area contributed by atoms with Crippen LogP contribution in [0.3, 0.4) is 0 Å². The van der Waals surface area contributed by atoms with Crippen LogP contribution in [-0.4, -0.2) is 24.7 Å². The molecular weight excluding hydrogens is 202 g/mol. The molecule has 0 aromatic rings. The SMILES string of the molecule is CC(CCCN)N=NC(C)(C#N)CCCN. The van der Waals surface area contributed by atoms with Gasteiger partial charge < -0.3 is 11.5 Å². The Balaban J connectivity index is 4.19. The summed E-state index contributed by atoms with van der Waals surface area (Å²) in [5.74, 6) is 0. The van der Waals surface area contributed by atoms with E-state index in [1.165, 1.54) is 0 Å². The van der Waals surface area contributed by atoms with Crippen molar-refractivity contribution < 1.29 is 0 Å². The van der Waals surface area contributed by atoms with Crippen molar-refractivity contribution in [1.29, 1.82) is 5.26 Å². The smallest absolute Gasteiger partial charge is 0.164 e. The second-order valence-corrected chi connectivity index (χ2v) is 4.27. The fourth-order valence-corrected chi connectivity index (χ4v) is 1.27. The zero-order valence-electron chi connectivity index (χ0n) is 10.3. The van der Waals surface area contributed by atoms with E-state index in [1.54, 1.807) is 6.92 Å². The van der Waals surface area contributed by atoms with Crippen molar-refractivity contribution in [3.8, 4) is 6.07 Å². The minimum Gasteiger partial charge on any atom is -0.330 e. The predicted molar refractivity (Wildman–Crippen MR) is 64.9 cm³/mol.